The van der Waals surface area contributed by atoms with E-state index in [1.165, 1.54) is 35.3 Å². The molecule has 1 amide bonds. The predicted octanol–water partition coefficient (Wildman–Crippen LogP) is 1.05. The second-order valence-corrected chi connectivity index (χ2v) is 5.26. The minimum Gasteiger partial charge on any atom is -0.388 e. The summed E-state index contributed by atoms with van der Waals surface area (Å²) >= 11 is 0. The first-order valence-corrected chi connectivity index (χ1v) is 6.75. The molecule has 2 N–H and O–H groups in total. The van der Waals surface area contributed by atoms with Gasteiger partial charge in [-0.1, -0.05) is 0 Å². The molecule has 1 aliphatic carbocycles. The molecule has 3 rings (SSSR count). The van der Waals surface area contributed by atoms with Crippen LogP contribution in [0, 0.1) is 5.82 Å². The van der Waals surface area contributed by atoms with E-state index in [0.29, 0.717) is 18.5 Å². The number of aromatic nitrogens is 3. The molecule has 0 radical (unpaired) electrons. The number of nitrogens with zero attached hydrogens (tertiary/aromatic N) is 3. The van der Waals surface area contributed by atoms with Gasteiger partial charge < -0.3 is 10.4 Å². The van der Waals surface area contributed by atoms with Crippen molar-refractivity contribution < 1.29 is 14.3 Å². The van der Waals surface area contributed by atoms with Crippen molar-refractivity contribution in [2.45, 2.75) is 24.9 Å². The van der Waals surface area contributed by atoms with E-state index in [4.69, 9.17) is 0 Å². The molecule has 1 aromatic carbocycles. The van der Waals surface area contributed by atoms with Crippen LogP contribution in [0.25, 0.3) is 5.69 Å². The van der Waals surface area contributed by atoms with Crippen LogP contribution in [0.4, 0.5) is 4.39 Å². The van der Waals surface area contributed by atoms with Crippen molar-refractivity contribution in [1.82, 2.24) is 20.3 Å². The zero-order chi connectivity index (χ0) is 14.9. The summed E-state index contributed by atoms with van der Waals surface area (Å²) in [5.41, 5.74) is -0.0573. The van der Waals surface area contributed by atoms with E-state index in [1.54, 1.807) is 0 Å². The zero-order valence-electron chi connectivity index (χ0n) is 11.3. The lowest BCUT2D eigenvalue weighted by Crippen LogP contribution is -2.47. The maximum Gasteiger partial charge on any atom is 0.273 e. The van der Waals surface area contributed by atoms with Gasteiger partial charge in [0.15, 0.2) is 5.69 Å². The third kappa shape index (κ3) is 2.92. The van der Waals surface area contributed by atoms with Crippen LogP contribution in [-0.4, -0.2) is 38.2 Å². The minimum atomic E-state index is -0.775. The molecule has 21 heavy (non-hydrogen) atoms. The monoisotopic (exact) mass is 290 g/mol. The molecule has 0 aliphatic heterocycles. The van der Waals surface area contributed by atoms with Crippen LogP contribution in [0.5, 0.6) is 0 Å². The van der Waals surface area contributed by atoms with Crippen LogP contribution >= 0.6 is 0 Å². The van der Waals surface area contributed by atoms with Crippen LogP contribution in [0.2, 0.25) is 0 Å². The molecule has 7 heteroatoms. The molecule has 1 aliphatic rings. The van der Waals surface area contributed by atoms with Crippen molar-refractivity contribution in [2.24, 2.45) is 0 Å². The predicted molar refractivity (Wildman–Crippen MR) is 72.5 cm³/mol. The first-order valence-electron chi connectivity index (χ1n) is 6.75. The van der Waals surface area contributed by atoms with Gasteiger partial charge in [-0.3, -0.25) is 4.79 Å². The lowest BCUT2D eigenvalue weighted by atomic mass is 9.80. The molecule has 1 aromatic heterocycles. The smallest absolute Gasteiger partial charge is 0.273 e. The Kier molecular flexibility index (Phi) is 3.42. The van der Waals surface area contributed by atoms with Crippen LogP contribution in [-0.2, 0) is 0 Å². The summed E-state index contributed by atoms with van der Waals surface area (Å²) in [6, 6.07) is 5.64. The molecule has 0 unspecified atom stereocenters. The molecule has 0 atom stereocenters. The van der Waals surface area contributed by atoms with Gasteiger partial charge in [-0.2, -0.15) is 9.90 Å². The van der Waals surface area contributed by atoms with Crippen LogP contribution in [0.1, 0.15) is 29.8 Å². The molecule has 0 spiro atoms. The van der Waals surface area contributed by atoms with Gasteiger partial charge in [-0.25, -0.2) is 4.39 Å². The largest absolute Gasteiger partial charge is 0.388 e. The highest BCUT2D eigenvalue weighted by Gasteiger charge is 2.34. The molecule has 0 saturated heterocycles. The highest BCUT2D eigenvalue weighted by molar-refractivity contribution is 5.91. The number of hydrogen-bond donors (Lipinski definition) is 2. The summed E-state index contributed by atoms with van der Waals surface area (Å²) in [7, 11) is 0. The quantitative estimate of drug-likeness (QED) is 0.882. The highest BCUT2D eigenvalue weighted by atomic mass is 19.1. The van der Waals surface area contributed by atoms with E-state index in [0.717, 1.165) is 6.42 Å². The Balaban J connectivity index is 1.66. The number of carbonyl (C=O) groups excluding carboxylic acids is 1. The van der Waals surface area contributed by atoms with Crippen molar-refractivity contribution >= 4 is 5.91 Å². The molecule has 1 saturated carbocycles. The topological polar surface area (TPSA) is 80.0 Å². The Hall–Kier alpha value is -2.28. The third-order valence-corrected chi connectivity index (χ3v) is 3.64. The van der Waals surface area contributed by atoms with Gasteiger partial charge in [0.05, 0.1) is 17.5 Å². The summed E-state index contributed by atoms with van der Waals surface area (Å²) in [6.45, 7) is 0.218. The van der Waals surface area contributed by atoms with Gasteiger partial charge in [-0.05, 0) is 43.5 Å². The van der Waals surface area contributed by atoms with Gasteiger partial charge in [0, 0.05) is 6.54 Å². The summed E-state index contributed by atoms with van der Waals surface area (Å²) in [4.78, 5) is 13.2. The fourth-order valence-electron chi connectivity index (χ4n) is 2.16. The first kappa shape index (κ1) is 13.7. The maximum atomic E-state index is 12.8. The van der Waals surface area contributed by atoms with E-state index in [2.05, 4.69) is 15.5 Å². The van der Waals surface area contributed by atoms with Gasteiger partial charge in [0.25, 0.3) is 5.91 Å². The number of benzene rings is 1. The third-order valence-electron chi connectivity index (χ3n) is 3.64. The van der Waals surface area contributed by atoms with Gasteiger partial charge in [0.2, 0.25) is 0 Å². The van der Waals surface area contributed by atoms with E-state index in [1.807, 2.05) is 0 Å². The van der Waals surface area contributed by atoms with Crippen molar-refractivity contribution in [3.8, 4) is 5.69 Å². The summed E-state index contributed by atoms with van der Waals surface area (Å²) in [5.74, 6) is -0.735. The molecule has 110 valence electrons. The van der Waals surface area contributed by atoms with E-state index in [9.17, 15) is 14.3 Å². The fraction of sp³-hybridized carbons (Fsp3) is 0.357. The van der Waals surface area contributed by atoms with Crippen LogP contribution in [0.3, 0.4) is 0 Å². The second-order valence-electron chi connectivity index (χ2n) is 5.26. The highest BCUT2D eigenvalue weighted by Crippen LogP contribution is 2.30. The van der Waals surface area contributed by atoms with Crippen molar-refractivity contribution in [2.75, 3.05) is 6.54 Å². The molecular formula is C14H15FN4O2. The maximum absolute atomic E-state index is 12.8. The Morgan fingerprint density at radius 2 is 2.10 bits per heavy atom. The molecule has 2 aromatic rings. The van der Waals surface area contributed by atoms with Crippen molar-refractivity contribution in [3.05, 3.63) is 42.0 Å². The van der Waals surface area contributed by atoms with Crippen molar-refractivity contribution in [1.29, 1.82) is 0 Å². The summed E-state index contributed by atoms with van der Waals surface area (Å²) in [5, 5.41) is 20.6. The molecular weight excluding hydrogens is 275 g/mol. The van der Waals surface area contributed by atoms with Gasteiger partial charge in [-0.15, -0.1) is 5.10 Å². The number of aliphatic hydroxyl groups is 1. The standard InChI is InChI=1S/C14H15FN4O2/c15-10-2-4-11(5-3-10)19-17-8-12(18-19)13(20)16-9-14(21)6-1-7-14/h2-5,8,21H,1,6-7,9H2,(H,16,20). The SMILES string of the molecule is O=C(NCC1(O)CCC1)c1cnn(-c2ccc(F)cc2)n1. The molecule has 0 bridgehead atoms. The number of halogens is 1. The second kappa shape index (κ2) is 5.25. The molecule has 1 heterocycles. The number of rotatable bonds is 4. The van der Waals surface area contributed by atoms with E-state index < -0.39 is 5.60 Å². The number of hydrogen-bond acceptors (Lipinski definition) is 4. The number of amides is 1. The van der Waals surface area contributed by atoms with Gasteiger partial charge in [0.1, 0.15) is 5.82 Å². The Morgan fingerprint density at radius 1 is 1.38 bits per heavy atom. The zero-order valence-corrected chi connectivity index (χ0v) is 11.3. The summed E-state index contributed by atoms with van der Waals surface area (Å²) < 4.78 is 12.8. The van der Waals surface area contributed by atoms with Gasteiger partial charge >= 0.3 is 0 Å². The van der Waals surface area contributed by atoms with Crippen molar-refractivity contribution in [3.63, 3.8) is 0 Å². The molecule has 1 fully saturated rings. The Bertz CT molecular complexity index is 649. The first-order chi connectivity index (χ1) is 10.1. The van der Waals surface area contributed by atoms with E-state index in [-0.39, 0.29) is 24.0 Å². The lowest BCUT2D eigenvalue weighted by molar-refractivity contribution is -0.0300. The Morgan fingerprint density at radius 3 is 2.71 bits per heavy atom. The van der Waals surface area contributed by atoms with Crippen LogP contribution < -0.4 is 5.32 Å². The number of carbonyl (C=O) groups is 1. The average Bonchev–Trinajstić information content (AvgIpc) is 2.93. The Labute approximate surface area is 120 Å². The lowest BCUT2D eigenvalue weighted by Gasteiger charge is -2.36. The summed E-state index contributed by atoms with van der Waals surface area (Å²) in [6.07, 6.45) is 3.72. The molecule has 6 nitrogen and oxygen atoms in total. The van der Waals surface area contributed by atoms with Crippen LogP contribution in [0.15, 0.2) is 30.5 Å². The normalized spacial score (nSPS) is 16.3. The average molecular weight is 290 g/mol. The number of nitrogens with one attached hydrogen (secondary N) is 1. The fourth-order valence-corrected chi connectivity index (χ4v) is 2.16. The van der Waals surface area contributed by atoms with E-state index >= 15 is 0 Å². The minimum absolute atomic E-state index is 0.155.